The van der Waals surface area contributed by atoms with Crippen molar-refractivity contribution >= 4 is 56.0 Å². The lowest BCUT2D eigenvalue weighted by Crippen LogP contribution is -2.01. The van der Waals surface area contributed by atoms with Crippen molar-refractivity contribution in [3.05, 3.63) is 32.3 Å². The van der Waals surface area contributed by atoms with Gasteiger partial charge >= 0.3 is 5.97 Å². The number of benzene rings is 1. The molecule has 1 N–H and O–H groups in total. The van der Waals surface area contributed by atoms with Crippen molar-refractivity contribution in [1.82, 2.24) is 4.98 Å². The van der Waals surface area contributed by atoms with E-state index in [0.29, 0.717) is 22.9 Å². The number of esters is 1. The van der Waals surface area contributed by atoms with E-state index in [-0.39, 0.29) is 5.97 Å². The molecular weight excluding hydrogens is 341 g/mol. The van der Waals surface area contributed by atoms with Crippen LogP contribution < -0.4 is 0 Å². The van der Waals surface area contributed by atoms with Gasteiger partial charge in [-0.1, -0.05) is 39.1 Å². The number of ether oxygens (including phenoxy) is 1. The van der Waals surface area contributed by atoms with Gasteiger partial charge in [-0.05, 0) is 18.6 Å². The monoisotopic (exact) mass is 349 g/mol. The maximum atomic E-state index is 11.1. The summed E-state index contributed by atoms with van der Waals surface area (Å²) in [7, 11) is 1.38. The predicted molar refractivity (Wildman–Crippen MR) is 76.4 cm³/mol. The first-order valence-corrected chi connectivity index (χ1v) is 6.79. The van der Waals surface area contributed by atoms with Crippen LogP contribution in [0.3, 0.4) is 0 Å². The lowest BCUT2D eigenvalue weighted by molar-refractivity contribution is -0.140. The predicted octanol–water partition coefficient (Wildman–Crippen LogP) is 4.34. The average Bonchev–Trinajstić information content (AvgIpc) is 2.78. The molecule has 0 spiro atoms. The number of nitrogens with one attached hydrogen (secondary N) is 1. The number of hydrogen-bond acceptors (Lipinski definition) is 2. The molecule has 0 aliphatic heterocycles. The highest BCUT2D eigenvalue weighted by molar-refractivity contribution is 9.10. The van der Waals surface area contributed by atoms with Crippen LogP contribution in [0.15, 0.2) is 16.6 Å². The minimum Gasteiger partial charge on any atom is -0.469 e. The molecule has 2 aromatic rings. The molecule has 0 aliphatic carbocycles. The van der Waals surface area contributed by atoms with Gasteiger partial charge in [0, 0.05) is 15.6 Å². The van der Waals surface area contributed by atoms with E-state index >= 15 is 0 Å². The topological polar surface area (TPSA) is 42.1 Å². The normalized spacial score (nSPS) is 10.9. The first-order valence-electron chi connectivity index (χ1n) is 5.25. The summed E-state index contributed by atoms with van der Waals surface area (Å²) in [6, 6.07) is 3.70. The van der Waals surface area contributed by atoms with Crippen molar-refractivity contribution in [3.63, 3.8) is 0 Å². The van der Waals surface area contributed by atoms with Crippen molar-refractivity contribution in [2.75, 3.05) is 7.11 Å². The van der Waals surface area contributed by atoms with Crippen LogP contribution in [0.5, 0.6) is 0 Å². The van der Waals surface area contributed by atoms with E-state index in [4.69, 9.17) is 23.2 Å². The number of rotatable bonds is 3. The Balaban J connectivity index is 2.35. The molecule has 0 saturated heterocycles. The molecule has 96 valence electrons. The second-order valence-electron chi connectivity index (χ2n) is 3.81. The van der Waals surface area contributed by atoms with E-state index in [1.807, 2.05) is 6.07 Å². The van der Waals surface area contributed by atoms with Gasteiger partial charge in [0.05, 0.1) is 29.1 Å². The van der Waals surface area contributed by atoms with Crippen LogP contribution in [-0.2, 0) is 16.0 Å². The minimum atomic E-state index is -0.239. The van der Waals surface area contributed by atoms with Crippen LogP contribution >= 0.6 is 39.1 Å². The zero-order valence-electron chi connectivity index (χ0n) is 9.52. The summed E-state index contributed by atoms with van der Waals surface area (Å²) in [6.07, 6.45) is 0.897. The molecule has 0 saturated carbocycles. The van der Waals surface area contributed by atoms with Gasteiger partial charge in [-0.15, -0.1) is 0 Å². The molecule has 0 aliphatic rings. The van der Waals surface area contributed by atoms with Crippen LogP contribution in [0, 0.1) is 0 Å². The van der Waals surface area contributed by atoms with Crippen molar-refractivity contribution in [1.29, 1.82) is 0 Å². The molecule has 0 fully saturated rings. The summed E-state index contributed by atoms with van der Waals surface area (Å²) in [5, 5.41) is 1.92. The lowest BCUT2D eigenvalue weighted by Gasteiger charge is -1.99. The number of H-pyrrole nitrogens is 1. The minimum absolute atomic E-state index is 0.239. The summed E-state index contributed by atoms with van der Waals surface area (Å²) in [4.78, 5) is 14.3. The molecule has 1 heterocycles. The summed E-state index contributed by atoms with van der Waals surface area (Å²) >= 11 is 15.6. The molecule has 0 amide bonds. The largest absolute Gasteiger partial charge is 0.469 e. The number of carbonyl (C=O) groups excluding carboxylic acids is 1. The SMILES string of the molecule is COC(=O)CCc1cc2c(Br)cc(Cl)c(Cl)c2[nH]1. The fourth-order valence-corrected chi connectivity index (χ4v) is 2.80. The number of aryl methyl sites for hydroxylation is 1. The Bertz CT molecular complexity index is 610. The Morgan fingerprint density at radius 2 is 2.17 bits per heavy atom. The van der Waals surface area contributed by atoms with Crippen molar-refractivity contribution in [2.45, 2.75) is 12.8 Å². The third kappa shape index (κ3) is 2.66. The fourth-order valence-electron chi connectivity index (χ4n) is 1.72. The maximum absolute atomic E-state index is 11.1. The van der Waals surface area contributed by atoms with E-state index in [2.05, 4.69) is 25.7 Å². The zero-order valence-corrected chi connectivity index (χ0v) is 12.6. The van der Waals surface area contributed by atoms with E-state index in [1.54, 1.807) is 6.07 Å². The number of methoxy groups -OCH3 is 1. The van der Waals surface area contributed by atoms with Gasteiger partial charge in [0.2, 0.25) is 0 Å². The lowest BCUT2D eigenvalue weighted by atomic mass is 10.2. The molecule has 18 heavy (non-hydrogen) atoms. The number of hydrogen-bond donors (Lipinski definition) is 1. The van der Waals surface area contributed by atoms with Gasteiger partial charge in [0.1, 0.15) is 0 Å². The summed E-state index contributed by atoms with van der Waals surface area (Å²) in [6.45, 7) is 0. The Labute approximate surface area is 123 Å². The first kappa shape index (κ1) is 13.7. The van der Waals surface area contributed by atoms with Crippen LogP contribution in [0.4, 0.5) is 0 Å². The number of fused-ring (bicyclic) bond motifs is 1. The molecule has 0 atom stereocenters. The van der Waals surface area contributed by atoms with Gasteiger partial charge < -0.3 is 9.72 Å². The summed E-state index contributed by atoms with van der Waals surface area (Å²) in [5.41, 5.74) is 1.69. The highest BCUT2D eigenvalue weighted by Crippen LogP contribution is 2.36. The molecule has 1 aromatic heterocycles. The van der Waals surface area contributed by atoms with Gasteiger partial charge in [-0.3, -0.25) is 4.79 Å². The van der Waals surface area contributed by atoms with Crippen LogP contribution in [0.25, 0.3) is 10.9 Å². The number of halogens is 3. The zero-order chi connectivity index (χ0) is 13.3. The molecular formula is C12H10BrCl2NO2. The van der Waals surface area contributed by atoms with Crippen LogP contribution in [0.2, 0.25) is 10.0 Å². The fraction of sp³-hybridized carbons (Fsp3) is 0.250. The smallest absolute Gasteiger partial charge is 0.305 e. The van der Waals surface area contributed by atoms with Gasteiger partial charge in [0.25, 0.3) is 0 Å². The highest BCUT2D eigenvalue weighted by atomic mass is 79.9. The Hall–Kier alpha value is -0.710. The first-order chi connectivity index (χ1) is 8.52. The van der Waals surface area contributed by atoms with Gasteiger partial charge in [-0.2, -0.15) is 0 Å². The molecule has 0 unspecified atom stereocenters. The second-order valence-corrected chi connectivity index (χ2v) is 5.45. The Kier molecular flexibility index (Phi) is 4.20. The van der Waals surface area contributed by atoms with Crippen LogP contribution in [0.1, 0.15) is 12.1 Å². The standard InChI is InChI=1S/C12H10BrCl2NO2/c1-18-10(17)3-2-6-4-7-8(13)5-9(14)11(15)12(7)16-6/h4-5,16H,2-3H2,1H3. The highest BCUT2D eigenvalue weighted by Gasteiger charge is 2.12. The third-order valence-electron chi connectivity index (χ3n) is 2.64. The number of aromatic nitrogens is 1. The molecule has 0 bridgehead atoms. The van der Waals surface area contributed by atoms with Crippen molar-refractivity contribution < 1.29 is 9.53 Å². The third-order valence-corrected chi connectivity index (χ3v) is 4.08. The van der Waals surface area contributed by atoms with Crippen molar-refractivity contribution in [3.8, 4) is 0 Å². The van der Waals surface area contributed by atoms with E-state index < -0.39 is 0 Å². The number of carbonyl (C=O) groups is 1. The van der Waals surface area contributed by atoms with Crippen molar-refractivity contribution in [2.24, 2.45) is 0 Å². The molecule has 0 radical (unpaired) electrons. The number of aromatic amines is 1. The molecule has 2 rings (SSSR count). The molecule has 1 aromatic carbocycles. The average molecular weight is 351 g/mol. The van der Waals surface area contributed by atoms with Gasteiger partial charge in [-0.25, -0.2) is 0 Å². The van der Waals surface area contributed by atoms with E-state index in [9.17, 15) is 4.79 Å². The quantitative estimate of drug-likeness (QED) is 0.660. The summed E-state index contributed by atoms with van der Waals surface area (Å²) < 4.78 is 5.47. The molecule has 6 heteroatoms. The Morgan fingerprint density at radius 3 is 2.83 bits per heavy atom. The van der Waals surface area contributed by atoms with Crippen LogP contribution in [-0.4, -0.2) is 18.1 Å². The van der Waals surface area contributed by atoms with E-state index in [0.717, 1.165) is 21.1 Å². The maximum Gasteiger partial charge on any atom is 0.305 e. The molecule has 3 nitrogen and oxygen atoms in total. The Morgan fingerprint density at radius 1 is 1.44 bits per heavy atom. The van der Waals surface area contributed by atoms with E-state index in [1.165, 1.54) is 7.11 Å². The second kappa shape index (κ2) is 5.51. The van der Waals surface area contributed by atoms with Gasteiger partial charge in [0.15, 0.2) is 0 Å². The summed E-state index contributed by atoms with van der Waals surface area (Å²) in [5.74, 6) is -0.239.